The van der Waals surface area contributed by atoms with E-state index in [-0.39, 0.29) is 11.8 Å². The molecule has 0 bridgehead atoms. The Morgan fingerprint density at radius 1 is 0.800 bits per heavy atom. The summed E-state index contributed by atoms with van der Waals surface area (Å²) in [6.07, 6.45) is 0.791. The van der Waals surface area contributed by atoms with E-state index in [9.17, 15) is 9.59 Å². The second-order valence-electron chi connectivity index (χ2n) is 6.13. The van der Waals surface area contributed by atoms with Crippen LogP contribution in [-0.4, -0.2) is 50.4 Å². The van der Waals surface area contributed by atoms with E-state index in [1.165, 1.54) is 5.56 Å². The van der Waals surface area contributed by atoms with E-state index in [0.29, 0.717) is 24.2 Å². The molecule has 0 aromatic heterocycles. The fourth-order valence-corrected chi connectivity index (χ4v) is 2.34. The smallest absolute Gasteiger partial charge is 0.251 e. The first-order chi connectivity index (χ1) is 12.1. The number of carbonyl (C=O) groups excluding carboxylic acids is 2. The summed E-state index contributed by atoms with van der Waals surface area (Å²) in [6.45, 7) is 1.96. The average Bonchev–Trinajstić information content (AvgIpc) is 2.62. The predicted molar refractivity (Wildman–Crippen MR) is 99.8 cm³/mol. The lowest BCUT2D eigenvalue weighted by atomic mass is 10.1. The molecular weight excluding hydrogens is 314 g/mol. The molecule has 0 saturated heterocycles. The fourth-order valence-electron chi connectivity index (χ4n) is 2.34. The van der Waals surface area contributed by atoms with Gasteiger partial charge in [-0.2, -0.15) is 0 Å². The van der Waals surface area contributed by atoms with Crippen molar-refractivity contribution in [3.05, 3.63) is 71.3 Å². The SMILES string of the molecule is CN(C)CCNC(=O)c1ccc(C(=O)NCCc2ccccc2)cc1. The van der Waals surface area contributed by atoms with Crippen molar-refractivity contribution < 1.29 is 9.59 Å². The highest BCUT2D eigenvalue weighted by atomic mass is 16.2. The molecule has 0 radical (unpaired) electrons. The van der Waals surface area contributed by atoms with Gasteiger partial charge in [0.2, 0.25) is 0 Å². The number of hydrogen-bond acceptors (Lipinski definition) is 3. The molecule has 25 heavy (non-hydrogen) atoms. The van der Waals surface area contributed by atoms with Crippen LogP contribution in [0.1, 0.15) is 26.3 Å². The number of hydrogen-bond donors (Lipinski definition) is 2. The van der Waals surface area contributed by atoms with Crippen molar-refractivity contribution in [2.45, 2.75) is 6.42 Å². The zero-order valence-electron chi connectivity index (χ0n) is 14.8. The van der Waals surface area contributed by atoms with Crippen molar-refractivity contribution in [2.24, 2.45) is 0 Å². The summed E-state index contributed by atoms with van der Waals surface area (Å²) in [5, 5.41) is 5.75. The Hall–Kier alpha value is -2.66. The molecule has 0 aliphatic rings. The maximum atomic E-state index is 12.1. The van der Waals surface area contributed by atoms with Crippen LogP contribution in [-0.2, 0) is 6.42 Å². The molecule has 0 spiro atoms. The molecule has 5 nitrogen and oxygen atoms in total. The Balaban J connectivity index is 1.80. The van der Waals surface area contributed by atoms with E-state index in [0.717, 1.165) is 13.0 Å². The summed E-state index contributed by atoms with van der Waals surface area (Å²) >= 11 is 0. The van der Waals surface area contributed by atoms with Gasteiger partial charge >= 0.3 is 0 Å². The summed E-state index contributed by atoms with van der Waals surface area (Å²) in [5.74, 6) is -0.256. The van der Waals surface area contributed by atoms with Gasteiger partial charge in [0.05, 0.1) is 0 Å². The van der Waals surface area contributed by atoms with Gasteiger partial charge in [0.1, 0.15) is 0 Å². The molecule has 2 aromatic carbocycles. The van der Waals surface area contributed by atoms with Crippen LogP contribution < -0.4 is 10.6 Å². The number of amides is 2. The zero-order valence-corrected chi connectivity index (χ0v) is 14.8. The second-order valence-corrected chi connectivity index (χ2v) is 6.13. The Morgan fingerprint density at radius 2 is 1.32 bits per heavy atom. The number of nitrogens with zero attached hydrogens (tertiary/aromatic N) is 1. The van der Waals surface area contributed by atoms with Crippen molar-refractivity contribution in [2.75, 3.05) is 33.7 Å². The third-order valence-corrected chi connectivity index (χ3v) is 3.80. The molecule has 2 N–H and O–H groups in total. The Labute approximate surface area is 149 Å². The fraction of sp³-hybridized carbons (Fsp3) is 0.300. The van der Waals surface area contributed by atoms with Gasteiger partial charge in [-0.05, 0) is 50.3 Å². The monoisotopic (exact) mass is 339 g/mol. The van der Waals surface area contributed by atoms with Gasteiger partial charge in [0.15, 0.2) is 0 Å². The van der Waals surface area contributed by atoms with Crippen LogP contribution in [0.4, 0.5) is 0 Å². The van der Waals surface area contributed by atoms with Gasteiger partial charge in [-0.3, -0.25) is 9.59 Å². The first-order valence-corrected chi connectivity index (χ1v) is 8.41. The van der Waals surface area contributed by atoms with Crippen LogP contribution in [0.3, 0.4) is 0 Å². The maximum Gasteiger partial charge on any atom is 0.251 e. The molecule has 2 aromatic rings. The summed E-state index contributed by atoms with van der Waals surface area (Å²) in [6, 6.07) is 16.7. The van der Waals surface area contributed by atoms with Crippen LogP contribution in [0.2, 0.25) is 0 Å². The summed E-state index contributed by atoms with van der Waals surface area (Å²) in [4.78, 5) is 26.2. The number of likely N-dealkylation sites (N-methyl/N-ethyl adjacent to an activating group) is 1. The standard InChI is InChI=1S/C20H25N3O2/c1-23(2)15-14-22-20(25)18-10-8-17(9-11-18)19(24)21-13-12-16-6-4-3-5-7-16/h3-11H,12-15H2,1-2H3,(H,21,24)(H,22,25). The lowest BCUT2D eigenvalue weighted by molar-refractivity contribution is 0.0940. The van der Waals surface area contributed by atoms with E-state index >= 15 is 0 Å². The van der Waals surface area contributed by atoms with Crippen LogP contribution >= 0.6 is 0 Å². The molecule has 0 unspecified atom stereocenters. The highest BCUT2D eigenvalue weighted by Crippen LogP contribution is 2.05. The van der Waals surface area contributed by atoms with E-state index in [1.807, 2.05) is 49.3 Å². The maximum absolute atomic E-state index is 12.1. The highest BCUT2D eigenvalue weighted by Gasteiger charge is 2.08. The van der Waals surface area contributed by atoms with Crippen molar-refractivity contribution in [1.82, 2.24) is 15.5 Å². The number of carbonyl (C=O) groups is 2. The lowest BCUT2D eigenvalue weighted by Gasteiger charge is -2.10. The van der Waals surface area contributed by atoms with E-state index in [1.54, 1.807) is 24.3 Å². The Morgan fingerprint density at radius 3 is 1.84 bits per heavy atom. The van der Waals surface area contributed by atoms with Gasteiger partial charge < -0.3 is 15.5 Å². The number of nitrogens with one attached hydrogen (secondary N) is 2. The third kappa shape index (κ3) is 6.39. The number of benzene rings is 2. The van der Waals surface area contributed by atoms with Crippen molar-refractivity contribution in [1.29, 1.82) is 0 Å². The second kappa shape index (κ2) is 9.59. The molecule has 0 heterocycles. The molecule has 0 saturated carbocycles. The summed E-state index contributed by atoms with van der Waals surface area (Å²) < 4.78 is 0. The first-order valence-electron chi connectivity index (χ1n) is 8.41. The Kier molecular flexibility index (Phi) is 7.16. The van der Waals surface area contributed by atoms with Crippen molar-refractivity contribution in [3.63, 3.8) is 0 Å². The predicted octanol–water partition coefficient (Wildman–Crippen LogP) is 1.95. The van der Waals surface area contributed by atoms with E-state index in [4.69, 9.17) is 0 Å². The van der Waals surface area contributed by atoms with Gasteiger partial charge in [0.25, 0.3) is 11.8 Å². The van der Waals surface area contributed by atoms with Gasteiger partial charge in [-0.15, -0.1) is 0 Å². The van der Waals surface area contributed by atoms with E-state index in [2.05, 4.69) is 10.6 Å². The molecule has 2 rings (SSSR count). The van der Waals surface area contributed by atoms with Crippen LogP contribution in [0.15, 0.2) is 54.6 Å². The number of rotatable bonds is 8. The van der Waals surface area contributed by atoms with Crippen LogP contribution in [0.25, 0.3) is 0 Å². The normalized spacial score (nSPS) is 10.5. The van der Waals surface area contributed by atoms with Gasteiger partial charge in [-0.25, -0.2) is 0 Å². The van der Waals surface area contributed by atoms with Crippen molar-refractivity contribution in [3.8, 4) is 0 Å². The summed E-state index contributed by atoms with van der Waals surface area (Å²) in [7, 11) is 3.91. The average molecular weight is 339 g/mol. The minimum Gasteiger partial charge on any atom is -0.352 e. The molecule has 0 atom stereocenters. The largest absolute Gasteiger partial charge is 0.352 e. The molecule has 2 amide bonds. The highest BCUT2D eigenvalue weighted by molar-refractivity contribution is 5.97. The van der Waals surface area contributed by atoms with Crippen LogP contribution in [0, 0.1) is 0 Å². The Bertz CT molecular complexity index is 682. The van der Waals surface area contributed by atoms with Gasteiger partial charge in [0, 0.05) is 30.8 Å². The third-order valence-electron chi connectivity index (χ3n) is 3.80. The van der Waals surface area contributed by atoms with E-state index < -0.39 is 0 Å². The minimum atomic E-state index is -0.129. The van der Waals surface area contributed by atoms with Crippen molar-refractivity contribution >= 4 is 11.8 Å². The van der Waals surface area contributed by atoms with Gasteiger partial charge in [-0.1, -0.05) is 30.3 Å². The quantitative estimate of drug-likeness (QED) is 0.773. The molecule has 0 fully saturated rings. The topological polar surface area (TPSA) is 61.4 Å². The molecule has 0 aliphatic heterocycles. The van der Waals surface area contributed by atoms with Crippen LogP contribution in [0.5, 0.6) is 0 Å². The summed E-state index contributed by atoms with van der Waals surface area (Å²) in [5.41, 5.74) is 2.30. The molecular formula is C20H25N3O2. The first kappa shape index (κ1) is 18.7. The molecule has 132 valence electrons. The lowest BCUT2D eigenvalue weighted by Crippen LogP contribution is -2.31. The molecule has 0 aliphatic carbocycles. The zero-order chi connectivity index (χ0) is 18.1. The minimum absolute atomic E-state index is 0.127. The molecule has 5 heteroatoms.